The highest BCUT2D eigenvalue weighted by Gasteiger charge is 2.51. The van der Waals surface area contributed by atoms with E-state index in [1.165, 1.54) is 6.07 Å². The van der Waals surface area contributed by atoms with Crippen LogP contribution >= 0.6 is 0 Å². The lowest BCUT2D eigenvalue weighted by molar-refractivity contribution is -0.157. The van der Waals surface area contributed by atoms with Crippen molar-refractivity contribution >= 4 is 11.8 Å². The molecular weight excluding hydrogens is 373 g/mol. The van der Waals surface area contributed by atoms with Gasteiger partial charge in [-0.1, -0.05) is 18.2 Å². The molecule has 7 heteroatoms. The van der Waals surface area contributed by atoms with Crippen molar-refractivity contribution in [2.24, 2.45) is 5.92 Å². The van der Waals surface area contributed by atoms with Crippen molar-refractivity contribution in [3.63, 3.8) is 0 Å². The normalized spacial score (nSPS) is 19.8. The van der Waals surface area contributed by atoms with Gasteiger partial charge in [-0.2, -0.15) is 0 Å². The monoisotopic (exact) mass is 397 g/mol. The van der Waals surface area contributed by atoms with Crippen molar-refractivity contribution < 1.29 is 18.7 Å². The fourth-order valence-corrected chi connectivity index (χ4v) is 4.07. The molecule has 0 aliphatic carbocycles. The Kier molecular flexibility index (Phi) is 5.58. The lowest BCUT2D eigenvalue weighted by Gasteiger charge is -2.47. The Hall–Kier alpha value is -2.80. The van der Waals surface area contributed by atoms with Gasteiger partial charge in [0.05, 0.1) is 26.1 Å². The number of ether oxygens (including phenoxy) is 1. The van der Waals surface area contributed by atoms with Crippen LogP contribution in [0.3, 0.4) is 0 Å². The van der Waals surface area contributed by atoms with Crippen molar-refractivity contribution in [1.29, 1.82) is 0 Å². The second-order valence-corrected chi connectivity index (χ2v) is 7.92. The highest BCUT2D eigenvalue weighted by atomic mass is 19.1. The summed E-state index contributed by atoms with van der Waals surface area (Å²) in [6, 6.07) is 10.1. The molecule has 1 aromatic carbocycles. The number of rotatable bonds is 6. The summed E-state index contributed by atoms with van der Waals surface area (Å²) in [4.78, 5) is 30.3. The molecule has 2 aromatic rings. The second kappa shape index (κ2) is 8.29. The lowest BCUT2D eigenvalue weighted by Crippen LogP contribution is -2.63. The zero-order valence-corrected chi connectivity index (χ0v) is 16.1. The van der Waals surface area contributed by atoms with Gasteiger partial charge in [0.15, 0.2) is 0 Å². The Morgan fingerprint density at radius 2 is 1.97 bits per heavy atom. The van der Waals surface area contributed by atoms with Crippen LogP contribution in [0.5, 0.6) is 0 Å². The number of nitrogens with one attached hydrogen (secondary N) is 1. The van der Waals surface area contributed by atoms with Gasteiger partial charge in [-0.05, 0) is 41.7 Å². The van der Waals surface area contributed by atoms with Crippen LogP contribution in [0.25, 0.3) is 0 Å². The summed E-state index contributed by atoms with van der Waals surface area (Å²) in [6.45, 7) is 2.03. The zero-order valence-electron chi connectivity index (χ0n) is 16.1. The van der Waals surface area contributed by atoms with Gasteiger partial charge in [-0.15, -0.1) is 0 Å². The average molecular weight is 397 g/mol. The van der Waals surface area contributed by atoms with Crippen LogP contribution in [0.1, 0.15) is 24.0 Å². The van der Waals surface area contributed by atoms with Crippen molar-refractivity contribution in [1.82, 2.24) is 15.2 Å². The molecule has 2 saturated heterocycles. The maximum Gasteiger partial charge on any atom is 0.227 e. The molecule has 1 aromatic heterocycles. The minimum absolute atomic E-state index is 0.000675. The van der Waals surface area contributed by atoms with E-state index in [1.807, 2.05) is 12.1 Å². The molecule has 2 aliphatic heterocycles. The number of benzene rings is 1. The molecule has 1 atom stereocenters. The van der Waals surface area contributed by atoms with Crippen molar-refractivity contribution in [2.45, 2.75) is 31.4 Å². The maximum atomic E-state index is 13.7. The Bertz CT molecular complexity index is 884. The first kappa shape index (κ1) is 19.5. The van der Waals surface area contributed by atoms with E-state index in [-0.39, 0.29) is 35.6 Å². The van der Waals surface area contributed by atoms with Crippen LogP contribution in [-0.2, 0) is 27.3 Å². The number of amides is 2. The van der Waals surface area contributed by atoms with E-state index in [0.29, 0.717) is 38.2 Å². The number of halogens is 1. The van der Waals surface area contributed by atoms with Crippen molar-refractivity contribution in [3.05, 3.63) is 65.7 Å². The molecule has 29 heavy (non-hydrogen) atoms. The third-order valence-corrected chi connectivity index (χ3v) is 5.61. The lowest BCUT2D eigenvalue weighted by atomic mass is 9.85. The molecule has 4 rings (SSSR count). The molecule has 0 radical (unpaired) electrons. The van der Waals surface area contributed by atoms with Gasteiger partial charge in [-0.3, -0.25) is 14.6 Å². The van der Waals surface area contributed by atoms with E-state index >= 15 is 0 Å². The van der Waals surface area contributed by atoms with Crippen LogP contribution in [-0.4, -0.2) is 47.0 Å². The van der Waals surface area contributed by atoms with Gasteiger partial charge in [0, 0.05) is 25.4 Å². The van der Waals surface area contributed by atoms with E-state index in [9.17, 15) is 14.0 Å². The van der Waals surface area contributed by atoms with E-state index < -0.39 is 0 Å². The summed E-state index contributed by atoms with van der Waals surface area (Å²) in [5.74, 6) is -0.301. The third-order valence-electron chi connectivity index (χ3n) is 5.61. The molecule has 0 saturated carbocycles. The van der Waals surface area contributed by atoms with E-state index in [2.05, 4.69) is 10.3 Å². The first-order chi connectivity index (χ1) is 14.0. The van der Waals surface area contributed by atoms with Gasteiger partial charge in [0.25, 0.3) is 0 Å². The van der Waals surface area contributed by atoms with Crippen molar-refractivity contribution in [3.8, 4) is 0 Å². The summed E-state index contributed by atoms with van der Waals surface area (Å²) in [6.07, 6.45) is 4.64. The largest absolute Gasteiger partial charge is 0.371 e. The topological polar surface area (TPSA) is 71.5 Å². The van der Waals surface area contributed by atoms with Crippen LogP contribution in [0.15, 0.2) is 48.8 Å². The van der Waals surface area contributed by atoms with E-state index in [4.69, 9.17) is 4.74 Å². The fraction of sp³-hybridized carbons (Fsp3) is 0.409. The van der Waals surface area contributed by atoms with Crippen LogP contribution in [0, 0.1) is 11.7 Å². The molecule has 0 bridgehead atoms. The predicted molar refractivity (Wildman–Crippen MR) is 104 cm³/mol. The Labute approximate surface area is 169 Å². The summed E-state index contributed by atoms with van der Waals surface area (Å²) < 4.78 is 19.7. The number of nitrogens with zero attached hydrogens (tertiary/aromatic N) is 2. The first-order valence-corrected chi connectivity index (χ1v) is 9.84. The standard InChI is InChI=1S/C22H24FN3O3/c23-19-4-2-1-3-18(19)10-21(28)26-14-22(15-26)11-17(13-29-22)9-20(27)25-12-16-5-7-24-8-6-16/h1-8,17H,9-15H2,(H,25,27). The van der Waals surface area contributed by atoms with E-state index in [0.717, 1.165) is 12.0 Å². The maximum absolute atomic E-state index is 13.7. The summed E-state index contributed by atoms with van der Waals surface area (Å²) >= 11 is 0. The van der Waals surface area contributed by atoms with Crippen LogP contribution < -0.4 is 5.32 Å². The van der Waals surface area contributed by atoms with Crippen LogP contribution in [0.2, 0.25) is 0 Å². The quantitative estimate of drug-likeness (QED) is 0.810. The fourth-order valence-electron chi connectivity index (χ4n) is 4.07. The first-order valence-electron chi connectivity index (χ1n) is 9.84. The minimum Gasteiger partial charge on any atom is -0.371 e. The summed E-state index contributed by atoms with van der Waals surface area (Å²) in [7, 11) is 0. The predicted octanol–water partition coefficient (Wildman–Crippen LogP) is 2.09. The number of hydrogen-bond donors (Lipinski definition) is 1. The zero-order chi connectivity index (χ0) is 20.3. The van der Waals surface area contributed by atoms with Crippen LogP contribution in [0.4, 0.5) is 4.39 Å². The molecule has 2 aliphatic rings. The molecule has 1 spiro atoms. The number of likely N-dealkylation sites (tertiary alicyclic amines) is 1. The average Bonchev–Trinajstić information content (AvgIpc) is 3.12. The van der Waals surface area contributed by atoms with Crippen molar-refractivity contribution in [2.75, 3.05) is 19.7 Å². The molecule has 3 heterocycles. The SMILES string of the molecule is O=C(CC1COC2(C1)CN(C(=O)Cc1ccccc1F)C2)NCc1ccncc1. The Morgan fingerprint density at radius 3 is 2.72 bits per heavy atom. The number of carbonyl (C=O) groups is 2. The molecule has 1 unspecified atom stereocenters. The smallest absolute Gasteiger partial charge is 0.227 e. The Morgan fingerprint density at radius 1 is 1.21 bits per heavy atom. The number of hydrogen-bond acceptors (Lipinski definition) is 4. The molecular formula is C22H24FN3O3. The molecule has 1 N–H and O–H groups in total. The highest BCUT2D eigenvalue weighted by molar-refractivity contribution is 5.80. The van der Waals surface area contributed by atoms with Gasteiger partial charge < -0.3 is 15.0 Å². The number of pyridine rings is 1. The second-order valence-electron chi connectivity index (χ2n) is 7.92. The minimum atomic E-state index is -0.356. The molecule has 6 nitrogen and oxygen atoms in total. The third kappa shape index (κ3) is 4.62. The highest BCUT2D eigenvalue weighted by Crippen LogP contribution is 2.39. The molecule has 152 valence electrons. The number of aromatic nitrogens is 1. The Balaban J connectivity index is 1.21. The van der Waals surface area contributed by atoms with Gasteiger partial charge in [0.1, 0.15) is 11.4 Å². The molecule has 2 amide bonds. The van der Waals surface area contributed by atoms with Gasteiger partial charge >= 0.3 is 0 Å². The number of carbonyl (C=O) groups excluding carboxylic acids is 2. The van der Waals surface area contributed by atoms with Gasteiger partial charge in [0.2, 0.25) is 11.8 Å². The van der Waals surface area contributed by atoms with E-state index in [1.54, 1.807) is 35.5 Å². The summed E-state index contributed by atoms with van der Waals surface area (Å²) in [5.41, 5.74) is 1.08. The van der Waals surface area contributed by atoms with Gasteiger partial charge in [-0.25, -0.2) is 4.39 Å². The summed E-state index contributed by atoms with van der Waals surface area (Å²) in [5, 5.41) is 2.93. The molecule has 2 fully saturated rings.